The van der Waals surface area contributed by atoms with E-state index < -0.39 is 25.4 Å². The molecule has 2 aromatic carbocycles. The molecule has 6 heteroatoms. The maximum Gasteiger partial charge on any atom is 0.203 e. The molecule has 0 fully saturated rings. The third kappa shape index (κ3) is 3.45. The highest BCUT2D eigenvalue weighted by Crippen LogP contribution is 2.23. The minimum absolute atomic E-state index is 0.0892. The third-order valence-electron chi connectivity index (χ3n) is 3.16. The van der Waals surface area contributed by atoms with Crippen LogP contribution >= 0.6 is 0 Å². The summed E-state index contributed by atoms with van der Waals surface area (Å²) in [7, 11) is -7.52. The molecule has 0 aromatic heterocycles. The quantitative estimate of drug-likeness (QED) is 0.842. The van der Waals surface area contributed by atoms with Gasteiger partial charge in [-0.25, -0.2) is 16.8 Å². The molecule has 0 aliphatic rings. The molecule has 0 saturated heterocycles. The van der Waals surface area contributed by atoms with Gasteiger partial charge in [-0.3, -0.25) is 0 Å². The van der Waals surface area contributed by atoms with E-state index in [0.717, 1.165) is 0 Å². The molecule has 0 aliphatic carbocycles. The van der Waals surface area contributed by atoms with Crippen LogP contribution in [0.5, 0.6) is 0 Å². The van der Waals surface area contributed by atoms with Crippen molar-refractivity contribution in [1.82, 2.24) is 0 Å². The normalized spacial score (nSPS) is 13.0. The Balaban J connectivity index is 2.39. The molecule has 0 radical (unpaired) electrons. The first-order valence-corrected chi connectivity index (χ1v) is 9.74. The topological polar surface area (TPSA) is 68.3 Å². The van der Waals surface area contributed by atoms with Crippen LogP contribution in [0.3, 0.4) is 0 Å². The van der Waals surface area contributed by atoms with Crippen LogP contribution in [0.25, 0.3) is 0 Å². The number of hydrogen-bond donors (Lipinski definition) is 0. The highest BCUT2D eigenvalue weighted by atomic mass is 32.2. The van der Waals surface area contributed by atoms with E-state index in [1.165, 1.54) is 37.3 Å². The first kappa shape index (κ1) is 16.5. The van der Waals surface area contributed by atoms with Gasteiger partial charge < -0.3 is 0 Å². The molecule has 2 rings (SSSR count). The Kier molecular flexibility index (Phi) is 4.83. The molecule has 116 valence electrons. The average Bonchev–Trinajstić information content (AvgIpc) is 2.54. The predicted octanol–water partition coefficient (Wildman–Crippen LogP) is 2.84. The van der Waals surface area contributed by atoms with E-state index in [2.05, 4.69) is 0 Å². The number of rotatable bonds is 5. The molecule has 2 aromatic rings. The van der Waals surface area contributed by atoms with Gasteiger partial charge in [0.1, 0.15) is 0 Å². The van der Waals surface area contributed by atoms with Crippen molar-refractivity contribution < 1.29 is 16.8 Å². The van der Waals surface area contributed by atoms with Crippen LogP contribution in [-0.4, -0.2) is 22.6 Å². The van der Waals surface area contributed by atoms with Gasteiger partial charge in [0.25, 0.3) is 0 Å². The molecule has 0 heterocycles. The van der Waals surface area contributed by atoms with Gasteiger partial charge in [0.15, 0.2) is 9.84 Å². The van der Waals surface area contributed by atoms with Gasteiger partial charge in [0.05, 0.1) is 20.4 Å². The van der Waals surface area contributed by atoms with E-state index in [1.54, 1.807) is 36.4 Å². The van der Waals surface area contributed by atoms with Crippen LogP contribution in [0.15, 0.2) is 81.4 Å². The molecule has 0 unspecified atom stereocenters. The lowest BCUT2D eigenvalue weighted by atomic mass is 10.4. The van der Waals surface area contributed by atoms with Crippen molar-refractivity contribution >= 4 is 19.7 Å². The van der Waals surface area contributed by atoms with Crippen molar-refractivity contribution in [3.63, 3.8) is 0 Å². The van der Waals surface area contributed by atoms with Crippen LogP contribution in [0.1, 0.15) is 6.92 Å². The summed E-state index contributed by atoms with van der Waals surface area (Å²) in [6.45, 7) is 1.52. The molecular weight excluding hydrogens is 320 g/mol. The number of hydrogen-bond acceptors (Lipinski definition) is 4. The lowest BCUT2D eigenvalue weighted by Gasteiger charge is -2.10. The minimum Gasteiger partial charge on any atom is -0.223 e. The highest BCUT2D eigenvalue weighted by Gasteiger charge is 2.26. The lowest BCUT2D eigenvalue weighted by Crippen LogP contribution is -2.16. The van der Waals surface area contributed by atoms with E-state index in [-0.39, 0.29) is 14.7 Å². The Morgan fingerprint density at radius 3 is 1.73 bits per heavy atom. The summed E-state index contributed by atoms with van der Waals surface area (Å²) in [6.07, 6.45) is 1.34. The maximum absolute atomic E-state index is 12.5. The molecule has 4 nitrogen and oxygen atoms in total. The van der Waals surface area contributed by atoms with E-state index in [0.29, 0.717) is 0 Å². The maximum atomic E-state index is 12.5. The second kappa shape index (κ2) is 6.46. The minimum atomic E-state index is -3.81. The first-order chi connectivity index (χ1) is 10.4. The molecule has 0 aliphatic heterocycles. The van der Waals surface area contributed by atoms with Crippen LogP contribution in [-0.2, 0) is 19.7 Å². The van der Waals surface area contributed by atoms with Gasteiger partial charge in [-0.2, -0.15) is 0 Å². The summed E-state index contributed by atoms with van der Waals surface area (Å²) in [6, 6.07) is 15.6. The van der Waals surface area contributed by atoms with Gasteiger partial charge in [-0.05, 0) is 31.2 Å². The second-order valence-corrected chi connectivity index (χ2v) is 8.64. The van der Waals surface area contributed by atoms with Crippen molar-refractivity contribution in [2.75, 3.05) is 5.75 Å². The zero-order valence-electron chi connectivity index (χ0n) is 12.0. The van der Waals surface area contributed by atoms with E-state index in [4.69, 9.17) is 0 Å². The number of benzene rings is 2. The van der Waals surface area contributed by atoms with E-state index >= 15 is 0 Å². The Morgan fingerprint density at radius 2 is 1.27 bits per heavy atom. The van der Waals surface area contributed by atoms with Crippen molar-refractivity contribution in [2.45, 2.75) is 16.7 Å². The Morgan fingerprint density at radius 1 is 0.818 bits per heavy atom. The lowest BCUT2D eigenvalue weighted by molar-refractivity contribution is 0.592. The fraction of sp³-hybridized carbons (Fsp3) is 0.125. The van der Waals surface area contributed by atoms with Crippen molar-refractivity contribution in [2.24, 2.45) is 0 Å². The Hall–Kier alpha value is -1.92. The summed E-state index contributed by atoms with van der Waals surface area (Å²) < 4.78 is 49.8. The van der Waals surface area contributed by atoms with Crippen LogP contribution < -0.4 is 0 Å². The standard InChI is InChI=1S/C16H16O4S2/c1-2-14(22(19,20)16-11-7-4-8-12-16)13-21(17,18)15-9-5-3-6-10-15/h2-12H,13H2,1H3/b14-2-. The molecule has 0 saturated carbocycles. The summed E-state index contributed by atoms with van der Waals surface area (Å²) in [5.74, 6) is -0.551. The predicted molar refractivity (Wildman–Crippen MR) is 85.9 cm³/mol. The zero-order valence-corrected chi connectivity index (χ0v) is 13.6. The summed E-state index contributed by atoms with van der Waals surface area (Å²) in [5.41, 5.74) is 0. The monoisotopic (exact) mass is 336 g/mol. The largest absolute Gasteiger partial charge is 0.223 e. The Bertz CT molecular complexity index is 866. The fourth-order valence-electron chi connectivity index (χ4n) is 1.97. The van der Waals surface area contributed by atoms with Gasteiger partial charge in [0, 0.05) is 0 Å². The zero-order chi connectivity index (χ0) is 16.2. The smallest absolute Gasteiger partial charge is 0.203 e. The number of sulfone groups is 2. The van der Waals surface area contributed by atoms with Crippen LogP contribution in [0.2, 0.25) is 0 Å². The SMILES string of the molecule is C/C=C(/CS(=O)(=O)c1ccccc1)S(=O)(=O)c1ccccc1. The average molecular weight is 336 g/mol. The molecule has 0 bridgehead atoms. The van der Waals surface area contributed by atoms with Crippen LogP contribution in [0.4, 0.5) is 0 Å². The molecule has 22 heavy (non-hydrogen) atoms. The highest BCUT2D eigenvalue weighted by molar-refractivity contribution is 7.98. The van der Waals surface area contributed by atoms with Crippen molar-refractivity contribution in [1.29, 1.82) is 0 Å². The van der Waals surface area contributed by atoms with E-state index in [9.17, 15) is 16.8 Å². The fourth-order valence-corrected chi connectivity index (χ4v) is 5.46. The van der Waals surface area contributed by atoms with Gasteiger partial charge >= 0.3 is 0 Å². The molecule has 0 atom stereocenters. The second-order valence-electron chi connectivity index (χ2n) is 4.64. The van der Waals surface area contributed by atoms with Gasteiger partial charge in [-0.15, -0.1) is 0 Å². The van der Waals surface area contributed by atoms with Gasteiger partial charge in [-0.1, -0.05) is 42.5 Å². The van der Waals surface area contributed by atoms with Crippen molar-refractivity contribution in [3.8, 4) is 0 Å². The van der Waals surface area contributed by atoms with Gasteiger partial charge in [0.2, 0.25) is 9.84 Å². The molecule has 0 spiro atoms. The Labute approximate surface area is 131 Å². The number of allylic oxidation sites excluding steroid dienone is 1. The van der Waals surface area contributed by atoms with Crippen molar-refractivity contribution in [3.05, 3.63) is 71.6 Å². The molecule has 0 N–H and O–H groups in total. The summed E-state index contributed by atoms with van der Waals surface area (Å²) in [5, 5.41) is 0. The first-order valence-electron chi connectivity index (χ1n) is 6.61. The van der Waals surface area contributed by atoms with Crippen LogP contribution in [0, 0.1) is 0 Å². The third-order valence-corrected chi connectivity index (χ3v) is 6.98. The summed E-state index contributed by atoms with van der Waals surface area (Å²) >= 11 is 0. The molecule has 0 amide bonds. The summed E-state index contributed by atoms with van der Waals surface area (Å²) in [4.78, 5) is 0.0755. The molecular formula is C16H16O4S2. The van der Waals surface area contributed by atoms with E-state index in [1.807, 2.05) is 0 Å².